The van der Waals surface area contributed by atoms with Crippen molar-refractivity contribution in [2.24, 2.45) is 5.92 Å². The first-order chi connectivity index (χ1) is 11.0. The van der Waals surface area contributed by atoms with E-state index in [4.69, 9.17) is 0 Å². The first-order valence-electron chi connectivity index (χ1n) is 8.07. The van der Waals surface area contributed by atoms with Crippen LogP contribution in [0.5, 0.6) is 0 Å². The Bertz CT molecular complexity index is 640. The van der Waals surface area contributed by atoms with Gasteiger partial charge in [0.05, 0.1) is 12.6 Å². The molecule has 2 heterocycles. The van der Waals surface area contributed by atoms with Crippen LogP contribution in [-0.4, -0.2) is 37.4 Å². The van der Waals surface area contributed by atoms with E-state index in [1.165, 1.54) is 12.1 Å². The van der Waals surface area contributed by atoms with Gasteiger partial charge in [-0.25, -0.2) is 14.1 Å². The molecule has 0 spiro atoms. The highest BCUT2D eigenvalue weighted by Gasteiger charge is 2.32. The zero-order chi connectivity index (χ0) is 16.4. The van der Waals surface area contributed by atoms with Crippen molar-refractivity contribution in [3.8, 4) is 0 Å². The van der Waals surface area contributed by atoms with Crippen LogP contribution in [0, 0.1) is 11.7 Å². The molecule has 23 heavy (non-hydrogen) atoms. The number of aromatic nitrogens is 3. The molecule has 0 radical (unpaired) electrons. The lowest BCUT2D eigenvalue weighted by atomic mass is 10.0. The van der Waals surface area contributed by atoms with Crippen molar-refractivity contribution in [1.29, 1.82) is 0 Å². The van der Waals surface area contributed by atoms with E-state index < -0.39 is 0 Å². The Hall–Kier alpha value is -1.79. The topological polar surface area (TPSA) is 54.2 Å². The number of likely N-dealkylation sites (tertiary alicyclic amines) is 1. The van der Waals surface area contributed by atoms with Crippen LogP contribution in [0.2, 0.25) is 0 Å². The summed E-state index contributed by atoms with van der Waals surface area (Å²) in [6.07, 6.45) is 1.87. The largest absolute Gasteiger partial charge is 0.392 e. The van der Waals surface area contributed by atoms with Gasteiger partial charge in [0.25, 0.3) is 0 Å². The SMILES string of the molecule is CC(C)Cn1ncnc1CN1C[C@H](O)C[C@H]1c1ccc(F)cc1. The predicted molar refractivity (Wildman–Crippen MR) is 85.0 cm³/mol. The third-order valence-electron chi connectivity index (χ3n) is 4.21. The zero-order valence-corrected chi connectivity index (χ0v) is 13.6. The second-order valence-corrected chi connectivity index (χ2v) is 6.64. The quantitative estimate of drug-likeness (QED) is 0.920. The molecule has 0 saturated carbocycles. The van der Waals surface area contributed by atoms with Crippen LogP contribution in [0.15, 0.2) is 30.6 Å². The van der Waals surface area contributed by atoms with Crippen LogP contribution in [0.3, 0.4) is 0 Å². The van der Waals surface area contributed by atoms with Gasteiger partial charge >= 0.3 is 0 Å². The lowest BCUT2D eigenvalue weighted by Crippen LogP contribution is -2.26. The van der Waals surface area contributed by atoms with Gasteiger partial charge in [0, 0.05) is 19.1 Å². The standard InChI is InChI=1S/C17H23FN4O/c1-12(2)8-22-17(19-11-20-22)10-21-9-15(23)7-16(21)13-3-5-14(18)6-4-13/h3-6,11-12,15-16,23H,7-10H2,1-2H3/t15-,16+/m1/s1. The number of aliphatic hydroxyl groups excluding tert-OH is 1. The van der Waals surface area contributed by atoms with E-state index in [2.05, 4.69) is 28.8 Å². The van der Waals surface area contributed by atoms with E-state index in [0.717, 1.165) is 17.9 Å². The predicted octanol–water partition coefficient (Wildman–Crippen LogP) is 2.38. The smallest absolute Gasteiger partial charge is 0.141 e. The van der Waals surface area contributed by atoms with Crippen molar-refractivity contribution in [3.63, 3.8) is 0 Å². The molecule has 1 fully saturated rings. The minimum atomic E-state index is -0.369. The summed E-state index contributed by atoms with van der Waals surface area (Å²) in [7, 11) is 0. The Labute approximate surface area is 135 Å². The Kier molecular flexibility index (Phi) is 4.73. The first kappa shape index (κ1) is 16.1. The van der Waals surface area contributed by atoms with E-state index in [-0.39, 0.29) is 18.0 Å². The maximum absolute atomic E-state index is 13.1. The maximum Gasteiger partial charge on any atom is 0.141 e. The fraction of sp³-hybridized carbons (Fsp3) is 0.529. The summed E-state index contributed by atoms with van der Waals surface area (Å²) in [5.41, 5.74) is 1.03. The minimum Gasteiger partial charge on any atom is -0.392 e. The van der Waals surface area contributed by atoms with Gasteiger partial charge in [-0.3, -0.25) is 4.90 Å². The summed E-state index contributed by atoms with van der Waals surface area (Å²) in [6, 6.07) is 6.61. The number of nitrogens with zero attached hydrogens (tertiary/aromatic N) is 4. The normalized spacial score (nSPS) is 22.1. The second-order valence-electron chi connectivity index (χ2n) is 6.64. The van der Waals surface area contributed by atoms with Crippen LogP contribution in [-0.2, 0) is 13.1 Å². The van der Waals surface area contributed by atoms with Gasteiger partial charge in [-0.2, -0.15) is 5.10 Å². The van der Waals surface area contributed by atoms with E-state index in [0.29, 0.717) is 25.4 Å². The highest BCUT2D eigenvalue weighted by molar-refractivity contribution is 5.21. The molecule has 0 amide bonds. The highest BCUT2D eigenvalue weighted by Crippen LogP contribution is 2.33. The molecule has 2 atom stereocenters. The summed E-state index contributed by atoms with van der Waals surface area (Å²) < 4.78 is 15.1. The number of aliphatic hydroxyl groups is 1. The Morgan fingerprint density at radius 1 is 1.30 bits per heavy atom. The number of rotatable bonds is 5. The monoisotopic (exact) mass is 318 g/mol. The molecule has 1 aliphatic heterocycles. The van der Waals surface area contributed by atoms with Gasteiger partial charge in [0.1, 0.15) is 18.0 Å². The molecule has 124 valence electrons. The van der Waals surface area contributed by atoms with Gasteiger partial charge in [-0.05, 0) is 30.0 Å². The molecule has 0 aliphatic carbocycles. The molecule has 0 bridgehead atoms. The lowest BCUT2D eigenvalue weighted by molar-refractivity contribution is 0.170. The van der Waals surface area contributed by atoms with Gasteiger partial charge in [0.15, 0.2) is 0 Å². The van der Waals surface area contributed by atoms with Crippen molar-refractivity contribution in [3.05, 3.63) is 47.8 Å². The Balaban J connectivity index is 1.78. The van der Waals surface area contributed by atoms with Crippen LogP contribution in [0.25, 0.3) is 0 Å². The molecule has 2 aromatic rings. The first-order valence-corrected chi connectivity index (χ1v) is 8.07. The summed E-state index contributed by atoms with van der Waals surface area (Å²) in [4.78, 5) is 6.56. The van der Waals surface area contributed by atoms with Crippen LogP contribution >= 0.6 is 0 Å². The number of halogens is 1. The number of β-amino-alcohol motifs (C(OH)–C–C–N with tert-alkyl or cyclic N) is 1. The number of hydrogen-bond acceptors (Lipinski definition) is 4. The zero-order valence-electron chi connectivity index (χ0n) is 13.6. The molecule has 1 aromatic heterocycles. The van der Waals surface area contributed by atoms with Crippen molar-refractivity contribution in [1.82, 2.24) is 19.7 Å². The van der Waals surface area contributed by atoms with Gasteiger partial charge in [0.2, 0.25) is 0 Å². The van der Waals surface area contributed by atoms with E-state index >= 15 is 0 Å². The van der Waals surface area contributed by atoms with Crippen LogP contribution in [0.4, 0.5) is 4.39 Å². The summed E-state index contributed by atoms with van der Waals surface area (Å²) in [6.45, 7) is 6.34. The average Bonchev–Trinajstić information content (AvgIpc) is 3.07. The Morgan fingerprint density at radius 2 is 2.04 bits per heavy atom. The molecule has 0 unspecified atom stereocenters. The molecular formula is C17H23FN4O. The van der Waals surface area contributed by atoms with E-state index in [1.807, 2.05) is 4.68 Å². The Morgan fingerprint density at radius 3 is 2.74 bits per heavy atom. The molecule has 1 saturated heterocycles. The van der Waals surface area contributed by atoms with Crippen LogP contribution in [0.1, 0.15) is 37.7 Å². The van der Waals surface area contributed by atoms with Gasteiger partial charge in [-0.15, -0.1) is 0 Å². The van der Waals surface area contributed by atoms with E-state index in [9.17, 15) is 9.50 Å². The molecule has 1 aliphatic rings. The fourth-order valence-corrected chi connectivity index (χ4v) is 3.18. The van der Waals surface area contributed by atoms with E-state index in [1.54, 1.807) is 18.5 Å². The van der Waals surface area contributed by atoms with Crippen molar-refractivity contribution in [2.45, 2.75) is 45.5 Å². The lowest BCUT2D eigenvalue weighted by Gasteiger charge is -2.24. The third kappa shape index (κ3) is 3.76. The summed E-state index contributed by atoms with van der Waals surface area (Å²) >= 11 is 0. The fourth-order valence-electron chi connectivity index (χ4n) is 3.18. The molecule has 1 N–H and O–H groups in total. The minimum absolute atomic E-state index is 0.0785. The highest BCUT2D eigenvalue weighted by atomic mass is 19.1. The van der Waals surface area contributed by atoms with Crippen molar-refractivity contribution < 1.29 is 9.50 Å². The molecule has 5 nitrogen and oxygen atoms in total. The molecule has 3 rings (SSSR count). The van der Waals surface area contributed by atoms with Gasteiger partial charge in [-0.1, -0.05) is 26.0 Å². The summed E-state index contributed by atoms with van der Waals surface area (Å²) in [5, 5.41) is 14.4. The van der Waals surface area contributed by atoms with Crippen molar-refractivity contribution >= 4 is 0 Å². The molecule has 1 aromatic carbocycles. The maximum atomic E-state index is 13.1. The molecular weight excluding hydrogens is 295 g/mol. The molecule has 6 heteroatoms. The summed E-state index contributed by atoms with van der Waals surface area (Å²) in [5.74, 6) is 1.16. The average molecular weight is 318 g/mol. The van der Waals surface area contributed by atoms with Crippen molar-refractivity contribution in [2.75, 3.05) is 6.54 Å². The van der Waals surface area contributed by atoms with Crippen LogP contribution < -0.4 is 0 Å². The number of hydrogen-bond donors (Lipinski definition) is 1. The third-order valence-corrected chi connectivity index (χ3v) is 4.21. The van der Waals surface area contributed by atoms with Gasteiger partial charge < -0.3 is 5.11 Å². The number of benzene rings is 1. The second kappa shape index (κ2) is 6.76.